The van der Waals surface area contributed by atoms with Gasteiger partial charge < -0.3 is 19.5 Å². The van der Waals surface area contributed by atoms with Crippen molar-refractivity contribution in [1.29, 1.82) is 0 Å². The quantitative estimate of drug-likeness (QED) is 0.805. The van der Waals surface area contributed by atoms with Crippen molar-refractivity contribution in [1.82, 2.24) is 9.88 Å². The molecular weight excluding hydrogens is 329 g/mol. The molecule has 0 unspecified atom stereocenters. The van der Waals surface area contributed by atoms with E-state index in [4.69, 9.17) is 14.2 Å². The van der Waals surface area contributed by atoms with Crippen molar-refractivity contribution < 1.29 is 23.4 Å². The van der Waals surface area contributed by atoms with Gasteiger partial charge in [-0.3, -0.25) is 4.90 Å². The van der Waals surface area contributed by atoms with E-state index in [-0.39, 0.29) is 22.4 Å². The Morgan fingerprint density at radius 2 is 2.00 bits per heavy atom. The lowest BCUT2D eigenvalue weighted by Gasteiger charge is -2.74. The normalized spacial score (nSPS) is 30.8. The summed E-state index contributed by atoms with van der Waals surface area (Å²) in [5, 5.41) is 3.35. The highest BCUT2D eigenvalue weighted by Gasteiger charge is 2.70. The van der Waals surface area contributed by atoms with Gasteiger partial charge >= 0.3 is 5.97 Å². The molecular formula is C17H22FN3O4. The largest absolute Gasteiger partial charge is 0.493 e. The van der Waals surface area contributed by atoms with Crippen LogP contribution in [-0.4, -0.2) is 67.5 Å². The minimum atomic E-state index is -0.684. The summed E-state index contributed by atoms with van der Waals surface area (Å²) in [4.78, 5) is 18.7. The van der Waals surface area contributed by atoms with Crippen LogP contribution < -0.4 is 10.1 Å². The van der Waals surface area contributed by atoms with Crippen LogP contribution in [0.1, 0.15) is 29.6 Å². The van der Waals surface area contributed by atoms with Gasteiger partial charge in [0.15, 0.2) is 11.6 Å². The lowest BCUT2D eigenvalue weighted by Crippen LogP contribution is -2.82. The number of halogens is 1. The summed E-state index contributed by atoms with van der Waals surface area (Å²) in [7, 11) is 2.58. The first kappa shape index (κ1) is 16.5. The topological polar surface area (TPSA) is 72.9 Å². The number of nitrogens with zero attached hydrogens (tertiary/aromatic N) is 2. The molecule has 5 rings (SSSR count). The molecule has 0 aromatic carbocycles. The molecule has 4 aliphatic rings. The molecule has 0 radical (unpaired) electrons. The Labute approximate surface area is 145 Å². The van der Waals surface area contributed by atoms with E-state index in [2.05, 4.69) is 15.2 Å². The number of carbonyl (C=O) groups is 1. The van der Waals surface area contributed by atoms with Crippen molar-refractivity contribution in [3.63, 3.8) is 0 Å². The summed E-state index contributed by atoms with van der Waals surface area (Å²) in [6, 6.07) is 0. The van der Waals surface area contributed by atoms with E-state index >= 15 is 0 Å². The molecule has 0 spiro atoms. The van der Waals surface area contributed by atoms with Crippen LogP contribution in [0.5, 0.6) is 5.75 Å². The zero-order valence-corrected chi connectivity index (χ0v) is 14.4. The Bertz CT molecular complexity index is 686. The van der Waals surface area contributed by atoms with Gasteiger partial charge in [-0.15, -0.1) is 0 Å². The van der Waals surface area contributed by atoms with Crippen LogP contribution >= 0.6 is 0 Å². The number of hydrogen-bond donors (Lipinski definition) is 1. The fourth-order valence-electron chi connectivity index (χ4n) is 4.55. The van der Waals surface area contributed by atoms with Crippen LogP contribution in [0.3, 0.4) is 0 Å². The van der Waals surface area contributed by atoms with Crippen LogP contribution in [-0.2, 0) is 9.47 Å². The second-order valence-corrected chi connectivity index (χ2v) is 7.11. The molecule has 1 aliphatic heterocycles. The third kappa shape index (κ3) is 2.46. The van der Waals surface area contributed by atoms with Crippen LogP contribution in [0.15, 0.2) is 6.20 Å². The third-order valence-electron chi connectivity index (χ3n) is 5.65. The maximum absolute atomic E-state index is 13.9. The highest BCUT2D eigenvalue weighted by Crippen LogP contribution is 2.65. The summed E-state index contributed by atoms with van der Waals surface area (Å²) in [6.45, 7) is 3.50. The highest BCUT2D eigenvalue weighted by molar-refractivity contribution is 5.97. The molecule has 0 amide bonds. The van der Waals surface area contributed by atoms with Crippen molar-refractivity contribution >= 4 is 11.8 Å². The van der Waals surface area contributed by atoms with Gasteiger partial charge in [0.1, 0.15) is 11.4 Å². The molecule has 3 aliphatic carbocycles. The molecule has 3 saturated carbocycles. The molecule has 2 bridgehead atoms. The monoisotopic (exact) mass is 351 g/mol. The van der Waals surface area contributed by atoms with Gasteiger partial charge in [0.2, 0.25) is 0 Å². The smallest absolute Gasteiger partial charge is 0.345 e. The van der Waals surface area contributed by atoms with Crippen LogP contribution in [0.25, 0.3) is 0 Å². The molecule has 7 nitrogen and oxygen atoms in total. The Morgan fingerprint density at radius 1 is 1.32 bits per heavy atom. The molecule has 136 valence electrons. The fourth-order valence-corrected chi connectivity index (χ4v) is 4.55. The second kappa shape index (κ2) is 5.81. The Morgan fingerprint density at radius 3 is 2.60 bits per heavy atom. The molecule has 1 saturated heterocycles. The highest BCUT2D eigenvalue weighted by atomic mass is 19.1. The predicted molar refractivity (Wildman–Crippen MR) is 87.4 cm³/mol. The number of carbonyl (C=O) groups excluding carboxylic acids is 1. The fraction of sp³-hybridized carbons (Fsp3) is 0.647. The number of pyridine rings is 1. The van der Waals surface area contributed by atoms with Crippen molar-refractivity contribution in [2.45, 2.75) is 30.3 Å². The van der Waals surface area contributed by atoms with Gasteiger partial charge in [-0.05, 0) is 19.3 Å². The van der Waals surface area contributed by atoms with E-state index in [0.717, 1.165) is 51.8 Å². The van der Waals surface area contributed by atoms with E-state index in [9.17, 15) is 9.18 Å². The number of aromatic nitrogens is 1. The Kier molecular flexibility index (Phi) is 3.84. The van der Waals surface area contributed by atoms with Gasteiger partial charge in [0, 0.05) is 24.2 Å². The van der Waals surface area contributed by atoms with Crippen molar-refractivity contribution in [2.24, 2.45) is 0 Å². The number of morpholine rings is 1. The zero-order chi connectivity index (χ0) is 17.7. The number of nitrogens with one attached hydrogen (secondary N) is 1. The number of hydrogen-bond acceptors (Lipinski definition) is 7. The maximum Gasteiger partial charge on any atom is 0.345 e. The van der Waals surface area contributed by atoms with Crippen molar-refractivity contribution in [3.8, 4) is 5.75 Å². The number of rotatable bonds is 5. The number of ether oxygens (including phenoxy) is 3. The van der Waals surface area contributed by atoms with E-state index in [0.29, 0.717) is 5.82 Å². The van der Waals surface area contributed by atoms with Crippen molar-refractivity contribution in [3.05, 3.63) is 17.6 Å². The van der Waals surface area contributed by atoms with Gasteiger partial charge in [-0.2, -0.15) is 0 Å². The van der Waals surface area contributed by atoms with E-state index in [1.54, 1.807) is 0 Å². The van der Waals surface area contributed by atoms with E-state index < -0.39 is 11.8 Å². The number of anilines is 1. The van der Waals surface area contributed by atoms with E-state index in [1.807, 2.05) is 0 Å². The summed E-state index contributed by atoms with van der Waals surface area (Å²) >= 11 is 0. The predicted octanol–water partition coefficient (Wildman–Crippen LogP) is 1.44. The number of esters is 1. The summed E-state index contributed by atoms with van der Waals surface area (Å²) in [5.74, 6) is -1.17. The first-order chi connectivity index (χ1) is 12.0. The minimum absolute atomic E-state index is 0.00940. The summed E-state index contributed by atoms with van der Waals surface area (Å²) < 4.78 is 29.2. The zero-order valence-electron chi connectivity index (χ0n) is 14.4. The van der Waals surface area contributed by atoms with Crippen LogP contribution in [0.2, 0.25) is 0 Å². The molecule has 1 aromatic heterocycles. The second-order valence-electron chi connectivity index (χ2n) is 7.11. The van der Waals surface area contributed by atoms with Gasteiger partial charge in [-0.1, -0.05) is 0 Å². The molecule has 8 heteroatoms. The number of methoxy groups -OCH3 is 2. The Balaban J connectivity index is 1.52. The van der Waals surface area contributed by atoms with Crippen molar-refractivity contribution in [2.75, 3.05) is 45.8 Å². The molecule has 2 heterocycles. The lowest BCUT2D eigenvalue weighted by molar-refractivity contribution is -0.172. The lowest BCUT2D eigenvalue weighted by atomic mass is 9.43. The average Bonchev–Trinajstić information content (AvgIpc) is 2.57. The third-order valence-corrected chi connectivity index (χ3v) is 5.65. The molecule has 1 aromatic rings. The van der Waals surface area contributed by atoms with Crippen LogP contribution in [0.4, 0.5) is 10.2 Å². The van der Waals surface area contributed by atoms with Gasteiger partial charge in [0.05, 0.1) is 33.6 Å². The SMILES string of the molecule is COC(=O)c1c(NC23CC(N4CCOCC4)(C2)C3)ncc(F)c1OC. The maximum atomic E-state index is 13.9. The van der Waals surface area contributed by atoms with Gasteiger partial charge in [-0.25, -0.2) is 14.2 Å². The standard InChI is InChI=1S/C17H22FN3O4/c1-23-13-11(18)7-19-14(12(13)15(22)24-2)20-16-8-17(9-16,10-16)21-3-5-25-6-4-21/h7H,3-6,8-10H2,1-2H3,(H,19,20). The first-order valence-corrected chi connectivity index (χ1v) is 8.44. The van der Waals surface area contributed by atoms with Crippen LogP contribution in [0, 0.1) is 5.82 Å². The summed E-state index contributed by atoms with van der Waals surface area (Å²) in [6.07, 6.45) is 4.03. The molecule has 0 atom stereocenters. The minimum Gasteiger partial charge on any atom is -0.493 e. The molecule has 1 N–H and O–H groups in total. The Hall–Kier alpha value is -1.93. The summed E-state index contributed by atoms with van der Waals surface area (Å²) in [5.41, 5.74) is 0.165. The molecule has 4 fully saturated rings. The van der Waals surface area contributed by atoms with Gasteiger partial charge in [0.25, 0.3) is 0 Å². The first-order valence-electron chi connectivity index (χ1n) is 8.44. The van der Waals surface area contributed by atoms with E-state index in [1.165, 1.54) is 14.2 Å². The molecule has 25 heavy (non-hydrogen) atoms. The average molecular weight is 351 g/mol.